The van der Waals surface area contributed by atoms with Crippen molar-refractivity contribution in [2.45, 2.75) is 32.3 Å². The third-order valence-electron chi connectivity index (χ3n) is 5.89. The second-order valence-corrected chi connectivity index (χ2v) is 9.43. The molecule has 4 rings (SSSR count). The number of aromatic nitrogens is 1. The molecule has 1 fully saturated rings. The molecule has 0 unspecified atom stereocenters. The van der Waals surface area contributed by atoms with Crippen LogP contribution < -0.4 is 10.2 Å². The Balaban J connectivity index is 1.08. The molecule has 3 aromatic rings. The summed E-state index contributed by atoms with van der Waals surface area (Å²) in [4.78, 5) is 19.0. The van der Waals surface area contributed by atoms with Gasteiger partial charge in [0.15, 0.2) is 0 Å². The highest BCUT2D eigenvalue weighted by atomic mass is 32.1. The molecule has 0 atom stereocenters. The number of hydrogen-bond donors (Lipinski definition) is 1. The SMILES string of the molecule is O=C(COCc1ccc(F)cc1)NCCCCCc1csc(-c2ccc(N3CCOCC3)cc2)n1. The average molecular weight is 498 g/mol. The Bertz CT molecular complexity index is 1050. The van der Waals surface area contributed by atoms with Gasteiger partial charge in [0.25, 0.3) is 0 Å². The van der Waals surface area contributed by atoms with Crippen molar-refractivity contribution in [3.8, 4) is 10.6 Å². The Morgan fingerprint density at radius 2 is 1.83 bits per heavy atom. The highest BCUT2D eigenvalue weighted by molar-refractivity contribution is 7.13. The van der Waals surface area contributed by atoms with Gasteiger partial charge in [0.05, 0.1) is 25.5 Å². The summed E-state index contributed by atoms with van der Waals surface area (Å²) in [5.74, 6) is -0.410. The summed E-state index contributed by atoms with van der Waals surface area (Å²) in [5, 5.41) is 6.08. The van der Waals surface area contributed by atoms with E-state index >= 15 is 0 Å². The van der Waals surface area contributed by atoms with Crippen LogP contribution in [-0.4, -0.2) is 50.3 Å². The Morgan fingerprint density at radius 3 is 2.60 bits per heavy atom. The van der Waals surface area contributed by atoms with E-state index in [4.69, 9.17) is 14.5 Å². The molecule has 1 saturated heterocycles. The summed E-state index contributed by atoms with van der Waals surface area (Å²) in [7, 11) is 0. The number of carbonyl (C=O) groups excluding carboxylic acids is 1. The first-order chi connectivity index (χ1) is 17.2. The van der Waals surface area contributed by atoms with Crippen LogP contribution in [0.15, 0.2) is 53.9 Å². The number of ether oxygens (including phenoxy) is 2. The zero-order chi connectivity index (χ0) is 24.3. The van der Waals surface area contributed by atoms with Gasteiger partial charge in [0.2, 0.25) is 5.91 Å². The number of carbonyl (C=O) groups is 1. The molecule has 6 nitrogen and oxygen atoms in total. The zero-order valence-electron chi connectivity index (χ0n) is 19.9. The Labute approximate surface area is 210 Å². The molecule has 0 spiro atoms. The third kappa shape index (κ3) is 8.13. The molecule has 0 bridgehead atoms. The number of rotatable bonds is 12. The first kappa shape index (κ1) is 25.3. The lowest BCUT2D eigenvalue weighted by Gasteiger charge is -2.28. The van der Waals surface area contributed by atoms with Crippen LogP contribution in [0.2, 0.25) is 0 Å². The fraction of sp³-hybridized carbons (Fsp3) is 0.407. The molecular formula is C27H32FN3O3S. The van der Waals surface area contributed by atoms with Crippen molar-refractivity contribution in [2.75, 3.05) is 44.4 Å². The van der Waals surface area contributed by atoms with E-state index in [2.05, 4.69) is 39.9 Å². The van der Waals surface area contributed by atoms with Gasteiger partial charge in [-0.2, -0.15) is 0 Å². The second-order valence-electron chi connectivity index (χ2n) is 8.57. The normalized spacial score (nSPS) is 13.7. The molecule has 2 aromatic carbocycles. The maximum Gasteiger partial charge on any atom is 0.246 e. The van der Waals surface area contributed by atoms with Gasteiger partial charge in [-0.3, -0.25) is 4.79 Å². The minimum Gasteiger partial charge on any atom is -0.378 e. The minimum atomic E-state index is -0.281. The fourth-order valence-corrected chi connectivity index (χ4v) is 4.78. The van der Waals surface area contributed by atoms with Crippen molar-refractivity contribution < 1.29 is 18.7 Å². The first-order valence-electron chi connectivity index (χ1n) is 12.1. The Hall–Kier alpha value is -2.81. The number of nitrogens with one attached hydrogen (secondary N) is 1. The van der Waals surface area contributed by atoms with Crippen LogP contribution in [0.1, 0.15) is 30.5 Å². The molecular weight excluding hydrogens is 465 g/mol. The Morgan fingerprint density at radius 1 is 1.06 bits per heavy atom. The van der Waals surface area contributed by atoms with Crippen LogP contribution in [0.25, 0.3) is 10.6 Å². The standard InChI is InChI=1S/C27H32FN3O3S/c28-23-9-5-21(6-10-23)18-34-19-26(32)29-13-3-1-2-4-24-20-35-27(30-24)22-7-11-25(12-8-22)31-14-16-33-17-15-31/h5-12,20H,1-4,13-19H2,(H,29,32). The van der Waals surface area contributed by atoms with Gasteiger partial charge in [-0.15, -0.1) is 11.3 Å². The summed E-state index contributed by atoms with van der Waals surface area (Å²) in [6.07, 6.45) is 3.93. The van der Waals surface area contributed by atoms with Gasteiger partial charge < -0.3 is 19.7 Å². The number of morpholine rings is 1. The van der Waals surface area contributed by atoms with Gasteiger partial charge in [0.1, 0.15) is 17.4 Å². The van der Waals surface area contributed by atoms with Gasteiger partial charge in [-0.05, 0) is 61.2 Å². The molecule has 186 valence electrons. The summed E-state index contributed by atoms with van der Waals surface area (Å²) >= 11 is 1.69. The molecule has 1 N–H and O–H groups in total. The summed E-state index contributed by atoms with van der Waals surface area (Å²) in [6, 6.07) is 14.7. The van der Waals surface area contributed by atoms with Gasteiger partial charge in [-0.25, -0.2) is 9.37 Å². The summed E-state index contributed by atoms with van der Waals surface area (Å²) < 4.78 is 23.7. The number of aryl methyl sites for hydroxylation is 1. The van der Waals surface area contributed by atoms with E-state index in [9.17, 15) is 9.18 Å². The van der Waals surface area contributed by atoms with E-state index in [-0.39, 0.29) is 18.3 Å². The maximum absolute atomic E-state index is 12.9. The summed E-state index contributed by atoms with van der Waals surface area (Å²) in [5.41, 5.74) is 4.36. The highest BCUT2D eigenvalue weighted by Gasteiger charge is 2.12. The minimum absolute atomic E-state index is 0.00635. The molecule has 0 saturated carbocycles. The molecule has 2 heterocycles. The number of benzene rings is 2. The van der Waals surface area contributed by atoms with E-state index in [1.54, 1.807) is 23.5 Å². The number of amides is 1. The quantitative estimate of drug-likeness (QED) is 0.363. The van der Waals surface area contributed by atoms with Crippen molar-refractivity contribution in [1.82, 2.24) is 10.3 Å². The van der Waals surface area contributed by atoms with Crippen LogP contribution in [0.3, 0.4) is 0 Å². The topological polar surface area (TPSA) is 63.7 Å². The van der Waals surface area contributed by atoms with E-state index in [1.165, 1.54) is 17.8 Å². The third-order valence-corrected chi connectivity index (χ3v) is 6.83. The van der Waals surface area contributed by atoms with Crippen molar-refractivity contribution in [3.63, 3.8) is 0 Å². The van der Waals surface area contributed by atoms with Crippen molar-refractivity contribution in [2.24, 2.45) is 0 Å². The van der Waals surface area contributed by atoms with Crippen molar-refractivity contribution in [3.05, 3.63) is 71.0 Å². The molecule has 0 radical (unpaired) electrons. The van der Waals surface area contributed by atoms with Gasteiger partial charge in [-0.1, -0.05) is 18.6 Å². The fourth-order valence-electron chi connectivity index (χ4n) is 3.92. The van der Waals surface area contributed by atoms with Crippen LogP contribution in [0.4, 0.5) is 10.1 Å². The van der Waals surface area contributed by atoms with E-state index in [1.807, 2.05) is 0 Å². The number of halogens is 1. The predicted molar refractivity (Wildman–Crippen MR) is 137 cm³/mol. The molecule has 1 aromatic heterocycles. The van der Waals surface area contributed by atoms with Crippen LogP contribution in [0.5, 0.6) is 0 Å². The predicted octanol–water partition coefficient (Wildman–Crippen LogP) is 4.83. The van der Waals surface area contributed by atoms with Crippen molar-refractivity contribution >= 4 is 22.9 Å². The number of hydrogen-bond acceptors (Lipinski definition) is 6. The largest absolute Gasteiger partial charge is 0.378 e. The van der Waals surface area contributed by atoms with E-state index in [0.717, 1.165) is 73.8 Å². The maximum atomic E-state index is 12.9. The molecule has 1 aliphatic rings. The lowest BCUT2D eigenvalue weighted by atomic mass is 10.1. The number of anilines is 1. The molecule has 1 aliphatic heterocycles. The smallest absolute Gasteiger partial charge is 0.246 e. The van der Waals surface area contributed by atoms with Crippen LogP contribution >= 0.6 is 11.3 Å². The zero-order valence-corrected chi connectivity index (χ0v) is 20.7. The number of nitrogens with zero attached hydrogens (tertiary/aromatic N) is 2. The molecule has 8 heteroatoms. The van der Waals surface area contributed by atoms with E-state index < -0.39 is 0 Å². The van der Waals surface area contributed by atoms with Crippen LogP contribution in [-0.2, 0) is 27.3 Å². The molecule has 0 aliphatic carbocycles. The van der Waals surface area contributed by atoms with Gasteiger partial charge >= 0.3 is 0 Å². The number of unbranched alkanes of at least 4 members (excludes halogenated alkanes) is 2. The monoisotopic (exact) mass is 497 g/mol. The van der Waals surface area contributed by atoms with E-state index in [0.29, 0.717) is 13.2 Å². The first-order valence-corrected chi connectivity index (χ1v) is 13.0. The summed E-state index contributed by atoms with van der Waals surface area (Å²) in [6.45, 7) is 4.39. The second kappa shape index (κ2) is 13.3. The average Bonchev–Trinajstić information content (AvgIpc) is 3.37. The van der Waals surface area contributed by atoms with Crippen LogP contribution in [0, 0.1) is 5.82 Å². The molecule has 1 amide bonds. The Kier molecular flexibility index (Phi) is 9.63. The highest BCUT2D eigenvalue weighted by Crippen LogP contribution is 2.27. The lowest BCUT2D eigenvalue weighted by molar-refractivity contribution is -0.126. The lowest BCUT2D eigenvalue weighted by Crippen LogP contribution is -2.36. The van der Waals surface area contributed by atoms with Crippen molar-refractivity contribution in [1.29, 1.82) is 0 Å². The van der Waals surface area contributed by atoms with Gasteiger partial charge in [0, 0.05) is 36.3 Å². The number of thiazole rings is 1. The molecule has 35 heavy (non-hydrogen) atoms.